The maximum absolute atomic E-state index is 5.55. The number of anilines is 2. The Bertz CT molecular complexity index is 418. The Morgan fingerprint density at radius 3 is 3.00 bits per heavy atom. The minimum absolute atomic E-state index is 0.309. The number of hydrogen-bond acceptors (Lipinski definition) is 5. The first-order valence-corrected chi connectivity index (χ1v) is 5.49. The van der Waals surface area contributed by atoms with Gasteiger partial charge >= 0.3 is 0 Å². The molecule has 5 heteroatoms. The van der Waals surface area contributed by atoms with Gasteiger partial charge in [0.2, 0.25) is 5.95 Å². The van der Waals surface area contributed by atoms with E-state index in [1.165, 1.54) is 4.88 Å². The number of aryl methyl sites for hydroxylation is 1. The Hall–Kier alpha value is -1.62. The molecule has 0 aliphatic carbocycles. The number of nitrogen functional groups attached to an aromatic ring is 1. The Kier molecular flexibility index (Phi) is 2.82. The Balaban J connectivity index is 2.05. The monoisotopic (exact) mass is 220 g/mol. The average Bonchev–Trinajstić information content (AvgIpc) is 2.65. The van der Waals surface area contributed by atoms with Crippen molar-refractivity contribution in [2.45, 2.75) is 13.5 Å². The van der Waals surface area contributed by atoms with Gasteiger partial charge < -0.3 is 11.1 Å². The second kappa shape index (κ2) is 4.27. The maximum Gasteiger partial charge on any atom is 0.222 e. The lowest BCUT2D eigenvalue weighted by molar-refractivity contribution is 1.08. The number of thiophene rings is 1. The van der Waals surface area contributed by atoms with Gasteiger partial charge in [-0.3, -0.25) is 0 Å². The lowest BCUT2D eigenvalue weighted by atomic mass is 10.4. The third kappa shape index (κ3) is 2.66. The Morgan fingerprint density at radius 2 is 2.33 bits per heavy atom. The summed E-state index contributed by atoms with van der Waals surface area (Å²) in [6.07, 6.45) is 0. The molecular formula is C10H12N4S. The second-order valence-corrected chi connectivity index (χ2v) is 4.22. The van der Waals surface area contributed by atoms with Crippen LogP contribution in [0.5, 0.6) is 0 Å². The van der Waals surface area contributed by atoms with E-state index in [0.29, 0.717) is 5.95 Å². The largest absolute Gasteiger partial charge is 0.368 e. The van der Waals surface area contributed by atoms with E-state index >= 15 is 0 Å². The van der Waals surface area contributed by atoms with E-state index in [0.717, 1.165) is 18.1 Å². The quantitative estimate of drug-likeness (QED) is 0.830. The van der Waals surface area contributed by atoms with Crippen LogP contribution in [-0.4, -0.2) is 9.97 Å². The SMILES string of the molecule is Cc1cc(NCc2cccs2)nc(N)n1. The van der Waals surface area contributed by atoms with E-state index in [-0.39, 0.29) is 0 Å². The van der Waals surface area contributed by atoms with Gasteiger partial charge in [-0.2, -0.15) is 4.98 Å². The molecule has 0 aliphatic heterocycles. The smallest absolute Gasteiger partial charge is 0.222 e. The molecule has 2 aromatic heterocycles. The zero-order valence-corrected chi connectivity index (χ0v) is 9.21. The van der Waals surface area contributed by atoms with Gasteiger partial charge in [0.05, 0.1) is 6.54 Å². The van der Waals surface area contributed by atoms with Crippen molar-refractivity contribution in [2.75, 3.05) is 11.1 Å². The molecule has 0 amide bonds. The van der Waals surface area contributed by atoms with Crippen molar-refractivity contribution >= 4 is 23.1 Å². The van der Waals surface area contributed by atoms with Crippen molar-refractivity contribution in [3.05, 3.63) is 34.2 Å². The van der Waals surface area contributed by atoms with Gasteiger partial charge in [-0.25, -0.2) is 4.98 Å². The van der Waals surface area contributed by atoms with Crippen molar-refractivity contribution in [3.8, 4) is 0 Å². The van der Waals surface area contributed by atoms with E-state index in [1.807, 2.05) is 19.1 Å². The molecule has 0 saturated heterocycles. The third-order valence-corrected chi connectivity index (χ3v) is 2.77. The number of aromatic nitrogens is 2. The highest BCUT2D eigenvalue weighted by molar-refractivity contribution is 7.09. The van der Waals surface area contributed by atoms with Crippen molar-refractivity contribution in [3.63, 3.8) is 0 Å². The predicted molar refractivity (Wildman–Crippen MR) is 62.8 cm³/mol. The molecule has 0 saturated carbocycles. The number of rotatable bonds is 3. The van der Waals surface area contributed by atoms with E-state index in [1.54, 1.807) is 11.3 Å². The number of nitrogens with one attached hydrogen (secondary N) is 1. The highest BCUT2D eigenvalue weighted by atomic mass is 32.1. The molecule has 0 aromatic carbocycles. The molecule has 2 heterocycles. The summed E-state index contributed by atoms with van der Waals surface area (Å²) in [5, 5.41) is 5.26. The molecule has 78 valence electrons. The van der Waals surface area contributed by atoms with Crippen molar-refractivity contribution in [1.29, 1.82) is 0 Å². The van der Waals surface area contributed by atoms with E-state index in [9.17, 15) is 0 Å². The van der Waals surface area contributed by atoms with Crippen molar-refractivity contribution in [1.82, 2.24) is 9.97 Å². The topological polar surface area (TPSA) is 63.8 Å². The summed E-state index contributed by atoms with van der Waals surface area (Å²) in [6.45, 7) is 2.67. The molecule has 2 aromatic rings. The van der Waals surface area contributed by atoms with E-state index in [4.69, 9.17) is 5.73 Å². The fourth-order valence-corrected chi connectivity index (χ4v) is 1.92. The second-order valence-electron chi connectivity index (χ2n) is 3.19. The highest BCUT2D eigenvalue weighted by Gasteiger charge is 1.99. The molecule has 0 radical (unpaired) electrons. The summed E-state index contributed by atoms with van der Waals surface area (Å²) in [7, 11) is 0. The first-order valence-electron chi connectivity index (χ1n) is 4.61. The average molecular weight is 220 g/mol. The van der Waals surface area contributed by atoms with Gasteiger partial charge in [-0.1, -0.05) is 6.07 Å². The highest BCUT2D eigenvalue weighted by Crippen LogP contribution is 2.12. The van der Waals surface area contributed by atoms with Crippen LogP contribution in [0.15, 0.2) is 23.6 Å². The van der Waals surface area contributed by atoms with Crippen LogP contribution in [0.25, 0.3) is 0 Å². The van der Waals surface area contributed by atoms with E-state index < -0.39 is 0 Å². The van der Waals surface area contributed by atoms with Crippen LogP contribution in [0.1, 0.15) is 10.6 Å². The molecule has 4 nitrogen and oxygen atoms in total. The summed E-state index contributed by atoms with van der Waals surface area (Å²) in [5.41, 5.74) is 6.42. The number of hydrogen-bond donors (Lipinski definition) is 2. The third-order valence-electron chi connectivity index (χ3n) is 1.90. The molecule has 15 heavy (non-hydrogen) atoms. The van der Waals surface area contributed by atoms with Crippen LogP contribution in [0.4, 0.5) is 11.8 Å². The van der Waals surface area contributed by atoms with Crippen LogP contribution in [-0.2, 0) is 6.54 Å². The Labute approximate surface area is 92.2 Å². The number of nitrogens with zero attached hydrogens (tertiary/aromatic N) is 2. The summed E-state index contributed by atoms with van der Waals surface area (Å²) in [4.78, 5) is 9.37. The van der Waals surface area contributed by atoms with Crippen LogP contribution in [0.2, 0.25) is 0 Å². The lowest BCUT2D eigenvalue weighted by Crippen LogP contribution is -2.04. The fraction of sp³-hybridized carbons (Fsp3) is 0.200. The minimum Gasteiger partial charge on any atom is -0.368 e. The lowest BCUT2D eigenvalue weighted by Gasteiger charge is -2.05. The van der Waals surface area contributed by atoms with Gasteiger partial charge in [0, 0.05) is 16.6 Å². The minimum atomic E-state index is 0.309. The maximum atomic E-state index is 5.55. The van der Waals surface area contributed by atoms with Crippen LogP contribution < -0.4 is 11.1 Å². The summed E-state index contributed by atoms with van der Waals surface area (Å²) in [5.74, 6) is 1.08. The number of nitrogens with two attached hydrogens (primary N) is 1. The zero-order valence-electron chi connectivity index (χ0n) is 8.40. The molecule has 0 atom stereocenters. The molecule has 0 fully saturated rings. The summed E-state index contributed by atoms with van der Waals surface area (Å²) < 4.78 is 0. The summed E-state index contributed by atoms with van der Waals surface area (Å²) >= 11 is 1.71. The van der Waals surface area contributed by atoms with Crippen molar-refractivity contribution in [2.24, 2.45) is 0 Å². The van der Waals surface area contributed by atoms with Crippen molar-refractivity contribution < 1.29 is 0 Å². The molecule has 0 aliphatic rings. The Morgan fingerprint density at radius 1 is 1.47 bits per heavy atom. The predicted octanol–water partition coefficient (Wildman–Crippen LogP) is 2.04. The summed E-state index contributed by atoms with van der Waals surface area (Å²) in [6, 6.07) is 5.99. The normalized spacial score (nSPS) is 10.2. The van der Waals surface area contributed by atoms with Gasteiger partial charge in [0.25, 0.3) is 0 Å². The van der Waals surface area contributed by atoms with Gasteiger partial charge in [0.15, 0.2) is 0 Å². The fourth-order valence-electron chi connectivity index (χ4n) is 1.27. The first kappa shape index (κ1) is 9.92. The molecule has 0 unspecified atom stereocenters. The van der Waals surface area contributed by atoms with Gasteiger partial charge in [0.1, 0.15) is 5.82 Å². The van der Waals surface area contributed by atoms with Gasteiger partial charge in [-0.15, -0.1) is 11.3 Å². The standard InChI is InChI=1S/C10H12N4S/c1-7-5-9(14-10(11)13-7)12-6-8-3-2-4-15-8/h2-5H,6H2,1H3,(H3,11,12,13,14). The zero-order chi connectivity index (χ0) is 10.7. The van der Waals surface area contributed by atoms with Crippen LogP contribution in [0, 0.1) is 6.92 Å². The van der Waals surface area contributed by atoms with E-state index in [2.05, 4.69) is 26.7 Å². The molecule has 0 spiro atoms. The van der Waals surface area contributed by atoms with Crippen LogP contribution in [0.3, 0.4) is 0 Å². The molecule has 0 bridgehead atoms. The molecular weight excluding hydrogens is 208 g/mol. The first-order chi connectivity index (χ1) is 7.24. The van der Waals surface area contributed by atoms with Gasteiger partial charge in [-0.05, 0) is 18.4 Å². The van der Waals surface area contributed by atoms with Crippen LogP contribution >= 0.6 is 11.3 Å². The molecule has 2 rings (SSSR count). The molecule has 3 N–H and O–H groups in total.